The largest absolute Gasteiger partial charge is 0.466 e. The van der Waals surface area contributed by atoms with Crippen molar-refractivity contribution >= 4 is 11.9 Å². The van der Waals surface area contributed by atoms with Crippen molar-refractivity contribution in [2.24, 2.45) is 0 Å². The van der Waals surface area contributed by atoms with Crippen molar-refractivity contribution in [3.05, 3.63) is 0 Å². The van der Waals surface area contributed by atoms with Crippen molar-refractivity contribution in [3.63, 3.8) is 0 Å². The number of aliphatic hydroxyl groups is 2. The highest BCUT2D eigenvalue weighted by atomic mass is 16.5. The van der Waals surface area contributed by atoms with Crippen LogP contribution in [0.25, 0.3) is 0 Å². The zero-order chi connectivity index (χ0) is 55.0. The first kappa shape index (κ1) is 74.9. The lowest BCUT2D eigenvalue weighted by atomic mass is 10.0. The second kappa shape index (κ2) is 66.4. The molecule has 0 fully saturated rings. The Morgan fingerprint density at radius 1 is 0.316 bits per heavy atom. The van der Waals surface area contributed by atoms with Gasteiger partial charge in [0, 0.05) is 12.8 Å². The molecule has 454 valence electrons. The third-order valence-corrected chi connectivity index (χ3v) is 16.9. The van der Waals surface area contributed by atoms with Crippen LogP contribution in [0.1, 0.15) is 412 Å². The number of nitrogens with one attached hydrogen (secondary N) is 1. The number of carbonyl (C=O) groups is 2. The van der Waals surface area contributed by atoms with Crippen LogP contribution in [0.4, 0.5) is 0 Å². The first-order valence-corrected chi connectivity index (χ1v) is 35.3. The monoisotopic (exact) mass is 1070 g/mol. The second-order valence-electron chi connectivity index (χ2n) is 24.6. The average Bonchev–Trinajstić information content (AvgIpc) is 3.42. The quantitative estimate of drug-likeness (QED) is 0.0417. The van der Waals surface area contributed by atoms with Crippen LogP contribution in [0.2, 0.25) is 0 Å². The molecule has 76 heavy (non-hydrogen) atoms. The van der Waals surface area contributed by atoms with Gasteiger partial charge in [-0.3, -0.25) is 9.59 Å². The lowest BCUT2D eigenvalue weighted by Crippen LogP contribution is -2.45. The maximum absolute atomic E-state index is 12.5. The van der Waals surface area contributed by atoms with E-state index in [0.29, 0.717) is 25.9 Å². The summed E-state index contributed by atoms with van der Waals surface area (Å²) in [4.78, 5) is 24.5. The van der Waals surface area contributed by atoms with Crippen molar-refractivity contribution in [2.75, 3.05) is 13.2 Å². The molecule has 0 saturated carbocycles. The minimum absolute atomic E-state index is 0.0209. The minimum Gasteiger partial charge on any atom is -0.466 e. The Morgan fingerprint density at radius 3 is 0.803 bits per heavy atom. The molecule has 6 nitrogen and oxygen atoms in total. The SMILES string of the molecule is CCCCCCCCCCCCCCCCCCCCC(O)C(CO)NC(=O)CCCCCCCCCCCCCCCCCCCCCCCCCCCCCCCCOC(=O)CCCCCCCCCCCCC. The number of unbranched alkanes of at least 4 members (excludes halogenated alkanes) is 56. The lowest BCUT2D eigenvalue weighted by Gasteiger charge is -2.22. The fourth-order valence-corrected chi connectivity index (χ4v) is 11.5. The number of amides is 1. The van der Waals surface area contributed by atoms with Gasteiger partial charge in [-0.1, -0.05) is 373 Å². The summed E-state index contributed by atoms with van der Waals surface area (Å²) in [7, 11) is 0. The highest BCUT2D eigenvalue weighted by Crippen LogP contribution is 2.20. The fraction of sp³-hybridized carbons (Fsp3) is 0.971. The summed E-state index contributed by atoms with van der Waals surface area (Å²) >= 11 is 0. The Labute approximate surface area is 476 Å². The van der Waals surface area contributed by atoms with E-state index in [9.17, 15) is 19.8 Å². The molecule has 3 N–H and O–H groups in total. The van der Waals surface area contributed by atoms with Gasteiger partial charge in [0.25, 0.3) is 0 Å². The molecule has 6 heteroatoms. The molecule has 0 aromatic rings. The smallest absolute Gasteiger partial charge is 0.305 e. The standard InChI is InChI=1S/C70H139NO5/c1-3-5-7-9-11-13-15-16-17-18-33-36-39-43-46-50-54-58-62-68(73)67(66-72)71-69(74)63-59-55-51-47-44-40-37-34-31-29-27-25-23-21-19-20-22-24-26-28-30-32-35-38-41-45-49-53-57-61-65-76-70(75)64-60-56-52-48-42-14-12-10-8-6-4-2/h67-68,72-73H,3-66H2,1-2H3,(H,71,74). The molecule has 0 aliphatic heterocycles. The van der Waals surface area contributed by atoms with Crippen molar-refractivity contribution in [3.8, 4) is 0 Å². The van der Waals surface area contributed by atoms with E-state index in [0.717, 1.165) is 38.5 Å². The van der Waals surface area contributed by atoms with Crippen LogP contribution in [0, 0.1) is 0 Å². The molecule has 0 aliphatic rings. The van der Waals surface area contributed by atoms with Crippen LogP contribution >= 0.6 is 0 Å². The summed E-state index contributed by atoms with van der Waals surface area (Å²) in [5.41, 5.74) is 0. The predicted octanol–water partition coefficient (Wildman–Crippen LogP) is 22.6. The van der Waals surface area contributed by atoms with E-state index in [-0.39, 0.29) is 18.5 Å². The summed E-state index contributed by atoms with van der Waals surface area (Å²) in [5.74, 6) is -0.00540. The van der Waals surface area contributed by atoms with E-state index in [1.807, 2.05) is 0 Å². The Balaban J connectivity index is 3.32. The van der Waals surface area contributed by atoms with Crippen molar-refractivity contribution in [2.45, 2.75) is 424 Å². The van der Waals surface area contributed by atoms with Gasteiger partial charge in [0.1, 0.15) is 0 Å². The lowest BCUT2D eigenvalue weighted by molar-refractivity contribution is -0.143. The highest BCUT2D eigenvalue weighted by molar-refractivity contribution is 5.76. The maximum Gasteiger partial charge on any atom is 0.305 e. The Bertz CT molecular complexity index is 1100. The van der Waals surface area contributed by atoms with E-state index >= 15 is 0 Å². The van der Waals surface area contributed by atoms with Gasteiger partial charge < -0.3 is 20.3 Å². The van der Waals surface area contributed by atoms with E-state index in [2.05, 4.69) is 19.2 Å². The molecule has 0 spiro atoms. The van der Waals surface area contributed by atoms with Gasteiger partial charge in [-0.25, -0.2) is 0 Å². The van der Waals surface area contributed by atoms with Gasteiger partial charge >= 0.3 is 5.97 Å². The van der Waals surface area contributed by atoms with Gasteiger partial charge in [-0.05, 0) is 25.7 Å². The van der Waals surface area contributed by atoms with Gasteiger partial charge in [-0.15, -0.1) is 0 Å². The topological polar surface area (TPSA) is 95.9 Å². The Kier molecular flexibility index (Phi) is 65.4. The molecule has 2 atom stereocenters. The molecular formula is C70H139NO5. The van der Waals surface area contributed by atoms with Crippen LogP contribution in [-0.4, -0.2) is 47.4 Å². The van der Waals surface area contributed by atoms with Crippen LogP contribution in [-0.2, 0) is 14.3 Å². The van der Waals surface area contributed by atoms with Crippen LogP contribution in [0.3, 0.4) is 0 Å². The summed E-state index contributed by atoms with van der Waals surface area (Å²) in [6.07, 6.45) is 80.1. The average molecular weight is 1070 g/mol. The van der Waals surface area contributed by atoms with Gasteiger partial charge in [0.2, 0.25) is 5.91 Å². The van der Waals surface area contributed by atoms with Gasteiger partial charge in [0.15, 0.2) is 0 Å². The van der Waals surface area contributed by atoms with Gasteiger partial charge in [0.05, 0.1) is 25.4 Å². The molecule has 0 aliphatic carbocycles. The van der Waals surface area contributed by atoms with E-state index < -0.39 is 12.1 Å². The first-order chi connectivity index (χ1) is 37.5. The number of ether oxygens (including phenoxy) is 1. The second-order valence-corrected chi connectivity index (χ2v) is 24.6. The van der Waals surface area contributed by atoms with Crippen molar-refractivity contribution in [1.29, 1.82) is 0 Å². The molecular weight excluding hydrogens is 935 g/mol. The third-order valence-electron chi connectivity index (χ3n) is 16.9. The number of carbonyl (C=O) groups excluding carboxylic acids is 2. The number of hydrogen-bond donors (Lipinski definition) is 3. The summed E-state index contributed by atoms with van der Waals surface area (Å²) in [6.45, 7) is 5.00. The normalized spacial score (nSPS) is 12.4. The molecule has 1 amide bonds. The zero-order valence-corrected chi connectivity index (χ0v) is 52.0. The van der Waals surface area contributed by atoms with Crippen LogP contribution < -0.4 is 5.32 Å². The van der Waals surface area contributed by atoms with E-state index in [1.54, 1.807) is 0 Å². The zero-order valence-electron chi connectivity index (χ0n) is 52.0. The third kappa shape index (κ3) is 62.1. The van der Waals surface area contributed by atoms with Crippen molar-refractivity contribution in [1.82, 2.24) is 5.32 Å². The molecule has 0 rings (SSSR count). The molecule has 0 bridgehead atoms. The highest BCUT2D eigenvalue weighted by Gasteiger charge is 2.20. The fourth-order valence-electron chi connectivity index (χ4n) is 11.5. The maximum atomic E-state index is 12.5. The molecule has 2 unspecified atom stereocenters. The summed E-state index contributed by atoms with van der Waals surface area (Å²) in [6, 6.07) is -0.537. The van der Waals surface area contributed by atoms with Crippen LogP contribution in [0.15, 0.2) is 0 Å². The number of rotatable bonds is 67. The Morgan fingerprint density at radius 2 is 0.539 bits per heavy atom. The first-order valence-electron chi connectivity index (χ1n) is 35.3. The summed E-state index contributed by atoms with van der Waals surface area (Å²) < 4.78 is 5.48. The van der Waals surface area contributed by atoms with E-state index in [1.165, 1.54) is 340 Å². The Hall–Kier alpha value is -1.14. The van der Waals surface area contributed by atoms with Gasteiger partial charge in [-0.2, -0.15) is 0 Å². The number of aliphatic hydroxyl groups excluding tert-OH is 2. The van der Waals surface area contributed by atoms with E-state index in [4.69, 9.17) is 4.74 Å². The molecule has 0 aromatic heterocycles. The molecule has 0 heterocycles. The molecule has 0 radical (unpaired) electrons. The number of hydrogen-bond acceptors (Lipinski definition) is 5. The minimum atomic E-state index is -0.661. The van der Waals surface area contributed by atoms with Crippen molar-refractivity contribution < 1.29 is 24.5 Å². The number of esters is 1. The summed E-state index contributed by atoms with van der Waals surface area (Å²) in [5, 5.41) is 23.4. The predicted molar refractivity (Wildman–Crippen MR) is 334 cm³/mol. The molecule has 0 saturated heterocycles. The molecule has 0 aromatic carbocycles. The van der Waals surface area contributed by atoms with Crippen LogP contribution in [0.5, 0.6) is 0 Å².